The maximum Gasteiger partial charge on any atom is 0.253 e. The number of carbonyl (C=O) groups is 1. The molecule has 1 atom stereocenters. The van der Waals surface area contributed by atoms with Gasteiger partial charge >= 0.3 is 0 Å². The summed E-state index contributed by atoms with van der Waals surface area (Å²) in [6, 6.07) is 6.99. The first-order valence-electron chi connectivity index (χ1n) is 9.13. The highest BCUT2D eigenvalue weighted by Crippen LogP contribution is 2.30. The largest absolute Gasteiger partial charge is 0.383 e. The molecule has 8 heteroatoms. The highest BCUT2D eigenvalue weighted by Gasteiger charge is 2.31. The lowest BCUT2D eigenvalue weighted by Gasteiger charge is -2.17. The number of fused-ring (bicyclic) bond motifs is 1. The minimum atomic E-state index is -1.02. The second-order valence-corrected chi connectivity index (χ2v) is 6.83. The number of likely N-dealkylation sites (tertiary alicyclic amines) is 1. The average molecular weight is 386 g/mol. The van der Waals surface area contributed by atoms with Crippen molar-refractivity contribution >= 4 is 17.1 Å². The number of nitrogens with zero attached hydrogens (tertiary/aromatic N) is 4. The van der Waals surface area contributed by atoms with E-state index in [1.807, 2.05) is 16.7 Å². The predicted molar refractivity (Wildman–Crippen MR) is 99.0 cm³/mol. The third-order valence-electron chi connectivity index (χ3n) is 5.06. The van der Waals surface area contributed by atoms with E-state index in [4.69, 9.17) is 9.72 Å². The Balaban J connectivity index is 1.58. The number of amides is 1. The Hall–Kier alpha value is -2.87. The van der Waals surface area contributed by atoms with Gasteiger partial charge in [0.05, 0.1) is 6.61 Å². The summed E-state index contributed by atoms with van der Waals surface area (Å²) >= 11 is 0. The van der Waals surface area contributed by atoms with Crippen molar-refractivity contribution < 1.29 is 18.3 Å². The van der Waals surface area contributed by atoms with Crippen molar-refractivity contribution in [2.45, 2.75) is 18.9 Å². The highest BCUT2D eigenvalue weighted by molar-refractivity contribution is 5.94. The molecule has 0 unspecified atom stereocenters. The number of ether oxygens (including phenoxy) is 1. The Kier molecular flexibility index (Phi) is 5.04. The molecule has 1 aliphatic heterocycles. The first-order chi connectivity index (χ1) is 13.6. The number of hydrogen-bond acceptors (Lipinski definition) is 4. The number of carbonyl (C=O) groups excluding carboxylic acids is 1. The standard InChI is InChI=1S/C20H20F2N4O2/c1-28-10-9-26-18(24-17-3-2-7-23-19(17)26)14-6-8-25(12-14)20(27)13-4-5-15(21)16(22)11-13/h2-5,7,11,14H,6,8-10,12H2,1H3/t14-/m1/s1. The van der Waals surface area contributed by atoms with E-state index >= 15 is 0 Å². The molecule has 0 bridgehead atoms. The lowest BCUT2D eigenvalue weighted by Crippen LogP contribution is -2.29. The van der Waals surface area contributed by atoms with Gasteiger partial charge in [-0.3, -0.25) is 4.79 Å². The third-order valence-corrected chi connectivity index (χ3v) is 5.06. The van der Waals surface area contributed by atoms with Gasteiger partial charge in [0, 0.05) is 44.4 Å². The van der Waals surface area contributed by atoms with Gasteiger partial charge < -0.3 is 14.2 Å². The Bertz CT molecular complexity index is 1020. The zero-order chi connectivity index (χ0) is 19.7. The first kappa shape index (κ1) is 18.5. The van der Waals surface area contributed by atoms with Crippen molar-refractivity contribution in [1.82, 2.24) is 19.4 Å². The van der Waals surface area contributed by atoms with E-state index in [1.165, 1.54) is 6.07 Å². The molecule has 6 nitrogen and oxygen atoms in total. The molecule has 1 fully saturated rings. The van der Waals surface area contributed by atoms with Crippen LogP contribution < -0.4 is 0 Å². The maximum absolute atomic E-state index is 13.5. The number of halogens is 2. The van der Waals surface area contributed by atoms with Gasteiger partial charge in [0.1, 0.15) is 11.3 Å². The SMILES string of the molecule is COCCn1c([C@@H]2CCN(C(=O)c3ccc(F)c(F)c3)C2)nc2cccnc21. The van der Waals surface area contributed by atoms with Gasteiger partial charge in [0.15, 0.2) is 17.3 Å². The lowest BCUT2D eigenvalue weighted by atomic mass is 10.1. The molecule has 146 valence electrons. The van der Waals surface area contributed by atoms with Gasteiger partial charge in [0.2, 0.25) is 0 Å². The van der Waals surface area contributed by atoms with E-state index in [9.17, 15) is 13.6 Å². The molecule has 0 spiro atoms. The van der Waals surface area contributed by atoms with E-state index in [2.05, 4.69) is 4.98 Å². The van der Waals surface area contributed by atoms with Gasteiger partial charge in [-0.1, -0.05) is 0 Å². The Morgan fingerprint density at radius 1 is 1.29 bits per heavy atom. The molecule has 3 heterocycles. The fraction of sp³-hybridized carbons (Fsp3) is 0.350. The number of imidazole rings is 1. The minimum Gasteiger partial charge on any atom is -0.383 e. The zero-order valence-electron chi connectivity index (χ0n) is 15.4. The molecule has 2 aromatic heterocycles. The first-order valence-corrected chi connectivity index (χ1v) is 9.13. The number of hydrogen-bond donors (Lipinski definition) is 0. The molecular weight excluding hydrogens is 366 g/mol. The smallest absolute Gasteiger partial charge is 0.253 e. The fourth-order valence-corrected chi connectivity index (χ4v) is 3.66. The molecule has 1 saturated heterocycles. The molecule has 1 amide bonds. The van der Waals surface area contributed by atoms with E-state index in [0.717, 1.165) is 35.5 Å². The Morgan fingerprint density at radius 2 is 2.14 bits per heavy atom. The van der Waals surface area contributed by atoms with Crippen LogP contribution in [0.1, 0.15) is 28.5 Å². The lowest BCUT2D eigenvalue weighted by molar-refractivity contribution is 0.0789. The predicted octanol–water partition coefficient (Wildman–Crippen LogP) is 2.99. The molecule has 0 radical (unpaired) electrons. The highest BCUT2D eigenvalue weighted by atomic mass is 19.2. The molecule has 28 heavy (non-hydrogen) atoms. The van der Waals surface area contributed by atoms with E-state index in [1.54, 1.807) is 18.2 Å². The van der Waals surface area contributed by atoms with E-state index < -0.39 is 11.6 Å². The topological polar surface area (TPSA) is 60.2 Å². The normalized spacial score (nSPS) is 16.8. The Morgan fingerprint density at radius 3 is 2.93 bits per heavy atom. The van der Waals surface area contributed by atoms with Gasteiger partial charge in [0.25, 0.3) is 5.91 Å². The summed E-state index contributed by atoms with van der Waals surface area (Å²) in [5, 5.41) is 0. The van der Waals surface area contributed by atoms with Crippen LogP contribution in [-0.4, -0.2) is 52.1 Å². The number of rotatable bonds is 5. The summed E-state index contributed by atoms with van der Waals surface area (Å²) < 4.78 is 33.9. The second kappa shape index (κ2) is 7.63. The summed E-state index contributed by atoms with van der Waals surface area (Å²) in [7, 11) is 1.64. The number of aromatic nitrogens is 3. The van der Waals surface area contributed by atoms with Crippen LogP contribution >= 0.6 is 0 Å². The van der Waals surface area contributed by atoms with Crippen molar-refractivity contribution in [3.8, 4) is 0 Å². The van der Waals surface area contributed by atoms with Crippen LogP contribution in [-0.2, 0) is 11.3 Å². The molecule has 4 rings (SSSR count). The van der Waals surface area contributed by atoms with Crippen molar-refractivity contribution in [2.24, 2.45) is 0 Å². The second-order valence-electron chi connectivity index (χ2n) is 6.83. The molecular formula is C20H20F2N4O2. The van der Waals surface area contributed by atoms with Crippen LogP contribution in [0, 0.1) is 11.6 Å². The summed E-state index contributed by atoms with van der Waals surface area (Å²) in [4.78, 5) is 23.5. The van der Waals surface area contributed by atoms with Crippen LogP contribution in [0.3, 0.4) is 0 Å². The Labute approximate surface area is 160 Å². The monoisotopic (exact) mass is 386 g/mol. The minimum absolute atomic E-state index is 0.0419. The van der Waals surface area contributed by atoms with Gasteiger partial charge in [-0.25, -0.2) is 18.7 Å². The van der Waals surface area contributed by atoms with Crippen LogP contribution in [0.15, 0.2) is 36.5 Å². The fourth-order valence-electron chi connectivity index (χ4n) is 3.66. The van der Waals surface area contributed by atoms with Crippen molar-refractivity contribution in [3.05, 3.63) is 59.6 Å². The summed E-state index contributed by atoms with van der Waals surface area (Å²) in [6.45, 7) is 2.14. The molecule has 0 N–H and O–H groups in total. The van der Waals surface area contributed by atoms with Gasteiger partial charge in [-0.2, -0.15) is 0 Å². The third kappa shape index (κ3) is 3.35. The van der Waals surface area contributed by atoms with Crippen LogP contribution in [0.5, 0.6) is 0 Å². The van der Waals surface area contributed by atoms with Crippen molar-refractivity contribution in [1.29, 1.82) is 0 Å². The van der Waals surface area contributed by atoms with Crippen LogP contribution in [0.4, 0.5) is 8.78 Å². The van der Waals surface area contributed by atoms with Crippen LogP contribution in [0.2, 0.25) is 0 Å². The van der Waals surface area contributed by atoms with Crippen molar-refractivity contribution in [2.75, 3.05) is 26.8 Å². The number of benzene rings is 1. The summed E-state index contributed by atoms with van der Waals surface area (Å²) in [6.07, 6.45) is 2.47. The molecule has 0 saturated carbocycles. The zero-order valence-corrected chi connectivity index (χ0v) is 15.4. The van der Waals surface area contributed by atoms with Crippen LogP contribution in [0.25, 0.3) is 11.2 Å². The van der Waals surface area contributed by atoms with Gasteiger partial charge in [-0.05, 0) is 36.8 Å². The average Bonchev–Trinajstić information content (AvgIpc) is 3.32. The molecule has 1 aromatic carbocycles. The van der Waals surface area contributed by atoms with E-state index in [-0.39, 0.29) is 17.4 Å². The quantitative estimate of drug-likeness (QED) is 0.676. The van der Waals surface area contributed by atoms with Crippen molar-refractivity contribution in [3.63, 3.8) is 0 Å². The number of methoxy groups -OCH3 is 1. The number of pyridine rings is 1. The van der Waals surface area contributed by atoms with E-state index in [0.29, 0.717) is 26.2 Å². The molecule has 1 aliphatic rings. The molecule has 3 aromatic rings. The maximum atomic E-state index is 13.5. The summed E-state index contributed by atoms with van der Waals surface area (Å²) in [5.74, 6) is -1.38. The molecule has 0 aliphatic carbocycles. The van der Waals surface area contributed by atoms with Gasteiger partial charge in [-0.15, -0.1) is 0 Å². The summed E-state index contributed by atoms with van der Waals surface area (Å²) in [5.41, 5.74) is 1.74.